The number of fused-ring (bicyclic) bond motifs is 4. The van der Waals surface area contributed by atoms with E-state index in [1.165, 1.54) is 6.20 Å². The van der Waals surface area contributed by atoms with Gasteiger partial charge in [-0.05, 0) is 150 Å². The molecule has 0 spiro atoms. The fourth-order valence-corrected chi connectivity index (χ4v) is 11.2. The Balaban J connectivity index is 0.000000150. The zero-order valence-corrected chi connectivity index (χ0v) is 36.7. The van der Waals surface area contributed by atoms with Gasteiger partial charge in [-0.1, -0.05) is 47.5 Å². The van der Waals surface area contributed by atoms with Crippen molar-refractivity contribution in [3.05, 3.63) is 117 Å². The van der Waals surface area contributed by atoms with Crippen molar-refractivity contribution in [1.82, 2.24) is 25.9 Å². The number of aromatic carboxylic acids is 1. The predicted molar refractivity (Wildman–Crippen MR) is 242 cm³/mol. The summed E-state index contributed by atoms with van der Waals surface area (Å²) in [6, 6.07) is 24.7. The molecule has 2 aromatic carbocycles. The highest BCUT2D eigenvalue weighted by atomic mass is 35.5. The van der Waals surface area contributed by atoms with Crippen LogP contribution < -0.4 is 25.8 Å². The van der Waals surface area contributed by atoms with Crippen LogP contribution in [-0.4, -0.2) is 81.1 Å². The Morgan fingerprint density at radius 2 is 0.921 bits per heavy atom. The van der Waals surface area contributed by atoms with Gasteiger partial charge in [0.2, 0.25) is 11.8 Å². The molecule has 2 aromatic heterocycles. The summed E-state index contributed by atoms with van der Waals surface area (Å²) in [6.07, 6.45) is 16.9. The van der Waals surface area contributed by atoms with Crippen LogP contribution in [0.1, 0.15) is 122 Å². The Kier molecular flexibility index (Phi) is 11.1. The number of piperidine rings is 2. The lowest BCUT2D eigenvalue weighted by molar-refractivity contribution is -0.125. The van der Waals surface area contributed by atoms with Gasteiger partial charge in [-0.25, -0.2) is 14.8 Å². The van der Waals surface area contributed by atoms with Gasteiger partial charge in [-0.15, -0.1) is 0 Å². The van der Waals surface area contributed by atoms with Gasteiger partial charge in [0.25, 0.3) is 5.91 Å². The maximum absolute atomic E-state index is 13.2. The summed E-state index contributed by atoms with van der Waals surface area (Å²) in [7, 11) is 0. The molecule has 11 rings (SSSR count). The van der Waals surface area contributed by atoms with E-state index in [0.29, 0.717) is 45.8 Å². The molecule has 0 radical (unpaired) electrons. The van der Waals surface area contributed by atoms with Crippen molar-refractivity contribution in [2.45, 2.75) is 143 Å². The topological polar surface area (TPSA) is 157 Å². The van der Waals surface area contributed by atoms with Crippen molar-refractivity contribution >= 4 is 58.5 Å². The highest BCUT2D eigenvalue weighted by molar-refractivity contribution is 6.30. The van der Waals surface area contributed by atoms with Crippen molar-refractivity contribution in [2.24, 2.45) is 0 Å². The van der Waals surface area contributed by atoms with Gasteiger partial charge in [0.05, 0.1) is 22.0 Å². The molecule has 3 amide bonds. The van der Waals surface area contributed by atoms with E-state index in [1.807, 2.05) is 60.7 Å². The first-order valence-electron chi connectivity index (χ1n) is 22.6. The van der Waals surface area contributed by atoms with Gasteiger partial charge in [0, 0.05) is 64.7 Å². The van der Waals surface area contributed by atoms with E-state index in [-0.39, 0.29) is 40.8 Å². The Hall–Kier alpha value is -5.20. The lowest BCUT2D eigenvalue weighted by Crippen LogP contribution is -2.52. The number of rotatable bonds is 11. The number of nitrogens with one attached hydrogen (secondary N) is 3. The number of benzene rings is 2. The molecule has 4 aromatic rings. The van der Waals surface area contributed by atoms with Crippen molar-refractivity contribution in [2.75, 3.05) is 9.80 Å². The lowest BCUT2D eigenvalue weighted by atomic mass is 9.92. The van der Waals surface area contributed by atoms with Crippen LogP contribution in [0.15, 0.2) is 85.2 Å². The minimum atomic E-state index is -0.965. The van der Waals surface area contributed by atoms with Crippen LogP contribution in [0.3, 0.4) is 0 Å². The summed E-state index contributed by atoms with van der Waals surface area (Å²) in [6.45, 7) is 0. The number of halogens is 2. The SMILES string of the molecule is O=C(NC1CC1)c1ccc(N2C3CCC2CC(NC(=O)C2(c4ccc(Cl)cc4)CC2)C3)nc1.O=C(O)c1ccc(N2C3CCC2CC(NC(=O)C2(c4ccc(Cl)cc4)CC2)C3)nc1. The minimum absolute atomic E-state index is 0.0318. The quantitative estimate of drug-likeness (QED) is 0.118. The average Bonchev–Trinajstić information content (AvgIpc) is 4.18. The van der Waals surface area contributed by atoms with E-state index in [4.69, 9.17) is 28.3 Å². The fraction of sp³-hybridized carbons (Fsp3) is 0.469. The smallest absolute Gasteiger partial charge is 0.337 e. The third-order valence-corrected chi connectivity index (χ3v) is 15.2. The van der Waals surface area contributed by atoms with Crippen LogP contribution in [0, 0.1) is 0 Å². The molecule has 7 fully saturated rings. The number of carbonyl (C=O) groups is 4. The highest BCUT2D eigenvalue weighted by Crippen LogP contribution is 2.50. The molecule has 4 unspecified atom stereocenters. The molecule has 3 aliphatic carbocycles. The lowest BCUT2D eigenvalue weighted by Gasteiger charge is -2.40. The van der Waals surface area contributed by atoms with Crippen LogP contribution in [0.5, 0.6) is 0 Å². The fourth-order valence-electron chi connectivity index (χ4n) is 10.9. The van der Waals surface area contributed by atoms with Gasteiger partial charge >= 0.3 is 5.97 Å². The molecule has 328 valence electrons. The standard InChI is InChI=1S/C26H29ClN4O2.C23H24ClN3O3/c27-18-4-2-17(3-5-18)26(11-12-26)25(33)30-20-13-21-8-9-22(14-20)31(21)23-10-1-16(15-28-23)24(32)29-19-6-7-19;24-16-4-2-15(3-5-16)23(9-10-23)22(30)26-17-11-18-6-7-19(12-17)27(18)20-8-1-14(13-25-20)21(28)29/h1-5,10,15,19-22H,6-9,11-14H2,(H,29,32)(H,30,33);1-5,8,13,17-19H,6-7,9-12H2,(H,26,30)(H,28,29). The summed E-state index contributed by atoms with van der Waals surface area (Å²) < 4.78 is 0. The Labute approximate surface area is 377 Å². The molecule has 63 heavy (non-hydrogen) atoms. The number of anilines is 2. The number of nitrogens with zero attached hydrogens (tertiary/aromatic N) is 4. The molecule has 6 heterocycles. The number of hydrogen-bond acceptors (Lipinski definition) is 8. The number of pyridine rings is 2. The largest absolute Gasteiger partial charge is 0.478 e. The molecule has 3 saturated carbocycles. The summed E-state index contributed by atoms with van der Waals surface area (Å²) >= 11 is 12.0. The van der Waals surface area contributed by atoms with E-state index >= 15 is 0 Å². The zero-order chi connectivity index (χ0) is 43.5. The van der Waals surface area contributed by atoms with Crippen molar-refractivity contribution in [3.8, 4) is 0 Å². The molecule has 4 aliphatic heterocycles. The van der Waals surface area contributed by atoms with Crippen molar-refractivity contribution in [1.29, 1.82) is 0 Å². The van der Waals surface area contributed by atoms with Crippen molar-refractivity contribution in [3.63, 3.8) is 0 Å². The van der Waals surface area contributed by atoms with E-state index < -0.39 is 11.4 Å². The second-order valence-electron chi connectivity index (χ2n) is 18.9. The van der Waals surface area contributed by atoms with Crippen LogP contribution in [0.2, 0.25) is 10.0 Å². The molecule has 14 heteroatoms. The Morgan fingerprint density at radius 1 is 0.524 bits per heavy atom. The molecular formula is C49H53Cl2N7O5. The molecule has 4 atom stereocenters. The van der Waals surface area contributed by atoms with Crippen LogP contribution >= 0.6 is 23.2 Å². The molecule has 4 N–H and O–H groups in total. The first-order chi connectivity index (χ1) is 30.5. The van der Waals surface area contributed by atoms with Gasteiger partial charge < -0.3 is 30.9 Å². The molecule has 12 nitrogen and oxygen atoms in total. The number of amides is 3. The maximum Gasteiger partial charge on any atom is 0.337 e. The average molecular weight is 891 g/mol. The number of hydrogen-bond donors (Lipinski definition) is 4. The highest BCUT2D eigenvalue weighted by Gasteiger charge is 2.54. The number of carbonyl (C=O) groups excluding carboxylic acids is 3. The van der Waals surface area contributed by atoms with E-state index in [9.17, 15) is 19.2 Å². The summed E-state index contributed by atoms with van der Waals surface area (Å²) in [5.41, 5.74) is 2.17. The third-order valence-electron chi connectivity index (χ3n) is 14.7. The Morgan fingerprint density at radius 3 is 1.25 bits per heavy atom. The number of aromatic nitrogens is 2. The number of carboxylic acid groups (broad SMARTS) is 1. The monoisotopic (exact) mass is 889 g/mol. The maximum atomic E-state index is 13.2. The summed E-state index contributed by atoms with van der Waals surface area (Å²) in [4.78, 5) is 63.5. The minimum Gasteiger partial charge on any atom is -0.478 e. The van der Waals surface area contributed by atoms with Gasteiger partial charge in [0.1, 0.15) is 11.6 Å². The zero-order valence-electron chi connectivity index (χ0n) is 35.1. The number of carboxylic acids is 1. The first kappa shape index (κ1) is 41.8. The van der Waals surface area contributed by atoms with Gasteiger partial charge in [0.15, 0.2) is 0 Å². The van der Waals surface area contributed by atoms with Crippen molar-refractivity contribution < 1.29 is 24.3 Å². The van der Waals surface area contributed by atoms with Gasteiger partial charge in [-0.2, -0.15) is 0 Å². The third kappa shape index (κ3) is 8.48. The van der Waals surface area contributed by atoms with Crippen LogP contribution in [0.25, 0.3) is 0 Å². The summed E-state index contributed by atoms with van der Waals surface area (Å²) in [5.74, 6) is 1.06. The molecule has 4 bridgehead atoms. The van der Waals surface area contributed by atoms with E-state index in [1.54, 1.807) is 18.3 Å². The first-order valence-corrected chi connectivity index (χ1v) is 23.4. The van der Waals surface area contributed by atoms with Crippen LogP contribution in [0.4, 0.5) is 11.6 Å². The predicted octanol–water partition coefficient (Wildman–Crippen LogP) is 7.76. The molecular weight excluding hydrogens is 837 g/mol. The normalized spacial score (nSPS) is 26.8. The molecule has 4 saturated heterocycles. The Bertz CT molecular complexity index is 2340. The second-order valence-corrected chi connectivity index (χ2v) is 19.8. The van der Waals surface area contributed by atoms with E-state index in [0.717, 1.165) is 113 Å². The van der Waals surface area contributed by atoms with E-state index in [2.05, 4.69) is 35.7 Å². The molecule has 7 aliphatic rings. The summed E-state index contributed by atoms with van der Waals surface area (Å²) in [5, 5.41) is 20.2. The van der Waals surface area contributed by atoms with Gasteiger partial charge in [-0.3, -0.25) is 14.4 Å². The second kappa shape index (κ2) is 16.7. The van der Waals surface area contributed by atoms with Crippen LogP contribution in [-0.2, 0) is 20.4 Å².